The van der Waals surface area contributed by atoms with Gasteiger partial charge in [-0.05, 0) is 6.07 Å². The van der Waals surface area contributed by atoms with E-state index in [0.29, 0.717) is 5.69 Å². The third-order valence-electron chi connectivity index (χ3n) is 1.57. The Balaban J connectivity index is 0.000000221. The molecule has 0 aliphatic heterocycles. The van der Waals surface area contributed by atoms with Crippen LogP contribution in [-0.4, -0.2) is 17.5 Å². The molecular formula is C7H5BF4N4. The van der Waals surface area contributed by atoms with Crippen LogP contribution >= 0.6 is 0 Å². The van der Waals surface area contributed by atoms with Crippen molar-refractivity contribution in [1.29, 1.82) is 5.39 Å². The summed E-state index contributed by atoms with van der Waals surface area (Å²) in [7, 11) is -6.00. The minimum Gasteiger partial charge on any atom is -0.418 e. The smallest absolute Gasteiger partial charge is 0.418 e. The van der Waals surface area contributed by atoms with Crippen molar-refractivity contribution in [2.75, 3.05) is 0 Å². The molecule has 9 heteroatoms. The van der Waals surface area contributed by atoms with Crippen molar-refractivity contribution in [2.45, 2.75) is 0 Å². The summed E-state index contributed by atoms with van der Waals surface area (Å²) in [6.45, 7) is 0. The standard InChI is InChI=1S/C7H5N4.BF4/c8-10-6-2-1-3-7-5(6)4-9-11-7;2-1(3,4)5/h1-4H,(H,9,11);/q+1;-1. The van der Waals surface area contributed by atoms with Crippen LogP contribution in [0.3, 0.4) is 0 Å². The molecule has 0 amide bonds. The zero-order valence-electron chi connectivity index (χ0n) is 7.74. The molecule has 0 aliphatic rings. The van der Waals surface area contributed by atoms with Gasteiger partial charge in [0.1, 0.15) is 5.39 Å². The van der Waals surface area contributed by atoms with Crippen LogP contribution in [0.4, 0.5) is 23.0 Å². The van der Waals surface area contributed by atoms with Crippen molar-refractivity contribution in [1.82, 2.24) is 10.2 Å². The molecular weight excluding hydrogens is 227 g/mol. The normalized spacial score (nSPS) is 10.4. The number of halogens is 4. The molecule has 0 saturated carbocycles. The van der Waals surface area contributed by atoms with E-state index in [1.54, 1.807) is 18.3 Å². The second kappa shape index (κ2) is 4.61. The SMILES string of the molecule is F[B-](F)(F)F.N#[N+]c1cccc2[nH]ncc12. The van der Waals surface area contributed by atoms with Crippen molar-refractivity contribution in [3.63, 3.8) is 0 Å². The summed E-state index contributed by atoms with van der Waals surface area (Å²) in [5.74, 6) is 0. The number of rotatable bonds is 0. The number of nitrogens with zero attached hydrogens (tertiary/aromatic N) is 3. The highest BCUT2D eigenvalue weighted by Gasteiger charge is 2.20. The monoisotopic (exact) mass is 232 g/mol. The van der Waals surface area contributed by atoms with Gasteiger partial charge in [-0.3, -0.25) is 5.10 Å². The maximum atomic E-state index is 9.75. The van der Waals surface area contributed by atoms with E-state index in [1.165, 1.54) is 0 Å². The first-order valence-corrected chi connectivity index (χ1v) is 4.06. The lowest BCUT2D eigenvalue weighted by molar-refractivity contribution is 0.368. The molecule has 84 valence electrons. The van der Waals surface area contributed by atoms with Gasteiger partial charge in [0.15, 0.2) is 4.98 Å². The average Bonchev–Trinajstić information content (AvgIpc) is 2.62. The van der Waals surface area contributed by atoms with Gasteiger partial charge in [0.25, 0.3) is 0 Å². The summed E-state index contributed by atoms with van der Waals surface area (Å²) in [4.78, 5) is 3.11. The summed E-state index contributed by atoms with van der Waals surface area (Å²) < 4.78 is 39.0. The highest BCUT2D eigenvalue weighted by molar-refractivity contribution is 6.50. The van der Waals surface area contributed by atoms with Crippen LogP contribution in [0, 0.1) is 5.39 Å². The third kappa shape index (κ3) is 3.57. The molecule has 1 aromatic carbocycles. The van der Waals surface area contributed by atoms with E-state index in [0.717, 1.165) is 10.9 Å². The number of hydrogen-bond acceptors (Lipinski definition) is 2. The lowest BCUT2D eigenvalue weighted by atomic mass is 10.2. The van der Waals surface area contributed by atoms with Gasteiger partial charge >= 0.3 is 12.9 Å². The van der Waals surface area contributed by atoms with E-state index >= 15 is 0 Å². The van der Waals surface area contributed by atoms with E-state index in [1.807, 2.05) is 6.07 Å². The highest BCUT2D eigenvalue weighted by Crippen LogP contribution is 2.23. The Morgan fingerprint density at radius 1 is 1.25 bits per heavy atom. The number of fused-ring (bicyclic) bond motifs is 1. The molecule has 4 nitrogen and oxygen atoms in total. The zero-order valence-corrected chi connectivity index (χ0v) is 7.74. The molecule has 0 radical (unpaired) electrons. The van der Waals surface area contributed by atoms with Crippen LogP contribution in [0.5, 0.6) is 0 Å². The van der Waals surface area contributed by atoms with Gasteiger partial charge in [0.05, 0.1) is 11.7 Å². The molecule has 1 heterocycles. The van der Waals surface area contributed by atoms with Crippen molar-refractivity contribution >= 4 is 23.8 Å². The molecule has 0 saturated heterocycles. The third-order valence-corrected chi connectivity index (χ3v) is 1.57. The fourth-order valence-electron chi connectivity index (χ4n) is 1.04. The summed E-state index contributed by atoms with van der Waals surface area (Å²) >= 11 is 0. The van der Waals surface area contributed by atoms with Crippen LogP contribution in [0.1, 0.15) is 0 Å². The van der Waals surface area contributed by atoms with Crippen LogP contribution in [0.15, 0.2) is 24.4 Å². The topological polar surface area (TPSA) is 56.8 Å². The number of aromatic nitrogens is 2. The predicted molar refractivity (Wildman–Crippen MR) is 51.0 cm³/mol. The van der Waals surface area contributed by atoms with E-state index in [4.69, 9.17) is 5.39 Å². The first-order valence-electron chi connectivity index (χ1n) is 4.06. The second-order valence-corrected chi connectivity index (χ2v) is 2.70. The van der Waals surface area contributed by atoms with Crippen LogP contribution in [0.25, 0.3) is 15.9 Å². The van der Waals surface area contributed by atoms with E-state index in [2.05, 4.69) is 15.2 Å². The van der Waals surface area contributed by atoms with Gasteiger partial charge in [-0.25, -0.2) is 0 Å². The first-order chi connectivity index (χ1) is 7.42. The Bertz CT molecular complexity index is 509. The number of H-pyrrole nitrogens is 1. The molecule has 16 heavy (non-hydrogen) atoms. The lowest BCUT2D eigenvalue weighted by Gasteiger charge is -1.94. The van der Waals surface area contributed by atoms with E-state index in [9.17, 15) is 17.3 Å². The summed E-state index contributed by atoms with van der Waals surface area (Å²) in [5, 5.41) is 16.0. The Labute approximate surface area is 87.0 Å². The van der Waals surface area contributed by atoms with Gasteiger partial charge in [0, 0.05) is 6.07 Å². The highest BCUT2D eigenvalue weighted by atomic mass is 19.5. The Morgan fingerprint density at radius 3 is 2.44 bits per heavy atom. The van der Waals surface area contributed by atoms with Crippen LogP contribution in [0.2, 0.25) is 0 Å². The quantitative estimate of drug-likeness (QED) is 0.430. The Kier molecular flexibility index (Phi) is 3.45. The van der Waals surface area contributed by atoms with E-state index in [-0.39, 0.29) is 0 Å². The van der Waals surface area contributed by atoms with Crippen molar-refractivity contribution in [3.8, 4) is 0 Å². The summed E-state index contributed by atoms with van der Waals surface area (Å²) in [5.41, 5.74) is 1.41. The van der Waals surface area contributed by atoms with Crippen LogP contribution in [-0.2, 0) is 0 Å². The molecule has 0 aliphatic carbocycles. The zero-order chi connectivity index (χ0) is 12.2. The molecule has 1 aromatic heterocycles. The maximum Gasteiger partial charge on any atom is 0.673 e. The predicted octanol–water partition coefficient (Wildman–Crippen LogP) is 3.35. The van der Waals surface area contributed by atoms with Gasteiger partial charge in [0.2, 0.25) is 5.39 Å². The molecule has 2 aromatic rings. The maximum absolute atomic E-state index is 9.75. The number of nitrogens with one attached hydrogen (secondary N) is 1. The molecule has 1 N–H and O–H groups in total. The van der Waals surface area contributed by atoms with Gasteiger partial charge in [-0.2, -0.15) is 5.10 Å². The summed E-state index contributed by atoms with van der Waals surface area (Å²) in [6.07, 6.45) is 1.63. The molecule has 0 bridgehead atoms. The molecule has 0 spiro atoms. The number of benzene rings is 1. The van der Waals surface area contributed by atoms with Crippen molar-refractivity contribution in [3.05, 3.63) is 29.4 Å². The number of aromatic amines is 1. The Hall–Kier alpha value is -2.11. The fourth-order valence-corrected chi connectivity index (χ4v) is 1.04. The van der Waals surface area contributed by atoms with Gasteiger partial charge in [-0.1, -0.05) is 6.07 Å². The average molecular weight is 232 g/mol. The number of hydrogen-bond donors (Lipinski definition) is 1. The van der Waals surface area contributed by atoms with Crippen LogP contribution < -0.4 is 0 Å². The summed E-state index contributed by atoms with van der Waals surface area (Å²) in [6, 6.07) is 5.39. The van der Waals surface area contributed by atoms with E-state index < -0.39 is 7.25 Å². The molecule has 0 unspecified atom stereocenters. The molecule has 2 rings (SSSR count). The minimum absolute atomic E-state index is 0.538. The molecule has 0 fully saturated rings. The van der Waals surface area contributed by atoms with Gasteiger partial charge in [-0.15, -0.1) is 0 Å². The minimum atomic E-state index is -6.00. The lowest BCUT2D eigenvalue weighted by Crippen LogP contribution is -2.02. The second-order valence-electron chi connectivity index (χ2n) is 2.70. The Morgan fingerprint density at radius 2 is 1.88 bits per heavy atom. The first kappa shape index (κ1) is 12.0. The number of diazo groups is 1. The largest absolute Gasteiger partial charge is 0.673 e. The van der Waals surface area contributed by atoms with Crippen molar-refractivity contribution in [2.24, 2.45) is 0 Å². The molecule has 0 atom stereocenters. The van der Waals surface area contributed by atoms with Crippen molar-refractivity contribution < 1.29 is 17.3 Å². The fraction of sp³-hybridized carbons (Fsp3) is 0. The van der Waals surface area contributed by atoms with Gasteiger partial charge < -0.3 is 17.3 Å².